The summed E-state index contributed by atoms with van der Waals surface area (Å²) in [5.41, 5.74) is 6.36. The molecule has 0 aliphatic heterocycles. The van der Waals surface area contributed by atoms with Gasteiger partial charge in [-0.2, -0.15) is 0 Å². The van der Waals surface area contributed by atoms with Gasteiger partial charge in [0.05, 0.1) is 4.88 Å². The highest BCUT2D eigenvalue weighted by molar-refractivity contribution is 7.20. The Balaban J connectivity index is 2.20. The Morgan fingerprint density at radius 3 is 2.74 bits per heavy atom. The minimum Gasteiger partial charge on any atom is -0.399 e. The monoisotopic (exact) mass is 277 g/mol. The van der Waals surface area contributed by atoms with E-state index < -0.39 is 6.04 Å². The van der Waals surface area contributed by atoms with Crippen LogP contribution in [-0.4, -0.2) is 24.9 Å². The molecule has 0 bridgehead atoms. The van der Waals surface area contributed by atoms with Crippen LogP contribution in [0.5, 0.6) is 0 Å². The molecular weight excluding hydrogens is 262 g/mol. The Labute approximate surface area is 114 Å². The summed E-state index contributed by atoms with van der Waals surface area (Å²) in [7, 11) is 1.53. The number of nitrogens with one attached hydrogen (secondary N) is 2. The number of carbonyl (C=O) groups excluding carboxylic acids is 2. The first-order valence-electron chi connectivity index (χ1n) is 5.83. The third kappa shape index (κ3) is 2.85. The number of rotatable bonds is 3. The summed E-state index contributed by atoms with van der Waals surface area (Å²) in [6.07, 6.45) is 0. The summed E-state index contributed by atoms with van der Waals surface area (Å²) in [6, 6.07) is 6.72. The van der Waals surface area contributed by atoms with Gasteiger partial charge in [-0.15, -0.1) is 11.3 Å². The van der Waals surface area contributed by atoms with Crippen molar-refractivity contribution < 1.29 is 9.59 Å². The molecule has 2 aromatic rings. The summed E-state index contributed by atoms with van der Waals surface area (Å²) in [5, 5.41) is 6.07. The number of likely N-dealkylation sites (N-methyl/N-ethyl adjacent to an activating group) is 1. The molecule has 0 fully saturated rings. The van der Waals surface area contributed by atoms with Crippen LogP contribution in [0.15, 0.2) is 24.3 Å². The van der Waals surface area contributed by atoms with Crippen LogP contribution in [0.4, 0.5) is 5.69 Å². The fraction of sp³-hybridized carbons (Fsp3) is 0.231. The van der Waals surface area contributed by atoms with Crippen molar-refractivity contribution in [3.8, 4) is 0 Å². The largest absolute Gasteiger partial charge is 0.399 e. The van der Waals surface area contributed by atoms with Gasteiger partial charge >= 0.3 is 0 Å². The number of fused-ring (bicyclic) bond motifs is 1. The molecule has 1 atom stereocenters. The Hall–Kier alpha value is -2.08. The van der Waals surface area contributed by atoms with Crippen molar-refractivity contribution in [3.05, 3.63) is 29.1 Å². The van der Waals surface area contributed by atoms with E-state index in [0.29, 0.717) is 10.6 Å². The first kappa shape index (κ1) is 13.4. The second kappa shape index (κ2) is 5.27. The van der Waals surface area contributed by atoms with Crippen molar-refractivity contribution in [2.75, 3.05) is 12.8 Å². The molecule has 4 N–H and O–H groups in total. The summed E-state index contributed by atoms with van der Waals surface area (Å²) in [4.78, 5) is 23.9. The smallest absolute Gasteiger partial charge is 0.262 e. The highest BCUT2D eigenvalue weighted by Crippen LogP contribution is 2.27. The lowest BCUT2D eigenvalue weighted by Crippen LogP contribution is -2.43. The zero-order valence-electron chi connectivity index (χ0n) is 10.7. The van der Waals surface area contributed by atoms with Gasteiger partial charge in [0.1, 0.15) is 6.04 Å². The van der Waals surface area contributed by atoms with Crippen LogP contribution in [0.3, 0.4) is 0 Å². The van der Waals surface area contributed by atoms with Gasteiger partial charge in [-0.25, -0.2) is 0 Å². The second-order valence-electron chi connectivity index (χ2n) is 4.22. The summed E-state index contributed by atoms with van der Waals surface area (Å²) >= 11 is 1.38. The fourth-order valence-corrected chi connectivity index (χ4v) is 2.67. The third-order valence-electron chi connectivity index (χ3n) is 2.75. The topological polar surface area (TPSA) is 84.2 Å². The maximum absolute atomic E-state index is 12.0. The van der Waals surface area contributed by atoms with Crippen molar-refractivity contribution in [2.45, 2.75) is 13.0 Å². The van der Waals surface area contributed by atoms with Crippen molar-refractivity contribution in [2.24, 2.45) is 0 Å². The van der Waals surface area contributed by atoms with E-state index in [1.165, 1.54) is 18.4 Å². The Bertz CT molecular complexity index is 636. The molecule has 5 nitrogen and oxygen atoms in total. The van der Waals surface area contributed by atoms with Gasteiger partial charge in [-0.1, -0.05) is 0 Å². The first-order valence-corrected chi connectivity index (χ1v) is 6.64. The van der Waals surface area contributed by atoms with Crippen molar-refractivity contribution >= 4 is 38.9 Å². The summed E-state index contributed by atoms with van der Waals surface area (Å²) < 4.78 is 0.993. The van der Waals surface area contributed by atoms with Gasteiger partial charge in [0.15, 0.2) is 0 Å². The Morgan fingerprint density at radius 1 is 1.32 bits per heavy atom. The van der Waals surface area contributed by atoms with E-state index in [-0.39, 0.29) is 11.8 Å². The van der Waals surface area contributed by atoms with Crippen LogP contribution < -0.4 is 16.4 Å². The van der Waals surface area contributed by atoms with Gasteiger partial charge in [0, 0.05) is 17.4 Å². The molecule has 100 valence electrons. The molecule has 19 heavy (non-hydrogen) atoms. The van der Waals surface area contributed by atoms with E-state index in [2.05, 4.69) is 10.6 Å². The zero-order chi connectivity index (χ0) is 14.0. The van der Waals surface area contributed by atoms with Crippen molar-refractivity contribution in [1.29, 1.82) is 0 Å². The predicted octanol–water partition coefficient (Wildman–Crippen LogP) is 1.35. The minimum atomic E-state index is -0.562. The number of nitrogens with two attached hydrogens (primary N) is 1. The van der Waals surface area contributed by atoms with E-state index in [4.69, 9.17) is 5.73 Å². The Kier molecular flexibility index (Phi) is 3.71. The normalized spacial score (nSPS) is 12.1. The van der Waals surface area contributed by atoms with Crippen molar-refractivity contribution in [3.63, 3.8) is 0 Å². The molecule has 1 aromatic carbocycles. The summed E-state index contributed by atoms with van der Waals surface area (Å²) in [6.45, 7) is 1.64. The van der Waals surface area contributed by atoms with Crippen LogP contribution in [-0.2, 0) is 4.79 Å². The predicted molar refractivity (Wildman–Crippen MR) is 77.2 cm³/mol. The van der Waals surface area contributed by atoms with E-state index in [0.717, 1.165) is 10.1 Å². The number of amides is 2. The molecule has 0 spiro atoms. The molecule has 0 aliphatic carbocycles. The standard InChI is InChI=1S/C13H15N3O2S/c1-7(12(17)15-2)16-13(18)11-6-8-5-9(14)3-4-10(8)19-11/h3-7H,14H2,1-2H3,(H,15,17)(H,16,18). The molecule has 1 unspecified atom stereocenters. The number of nitrogen functional groups attached to an aromatic ring is 1. The van der Waals surface area contributed by atoms with Gasteiger partial charge in [-0.05, 0) is 36.6 Å². The van der Waals surface area contributed by atoms with Crippen LogP contribution in [0.1, 0.15) is 16.6 Å². The molecule has 6 heteroatoms. The van der Waals surface area contributed by atoms with Gasteiger partial charge in [-0.3, -0.25) is 9.59 Å². The van der Waals surface area contributed by atoms with Crippen molar-refractivity contribution in [1.82, 2.24) is 10.6 Å². The highest BCUT2D eigenvalue weighted by atomic mass is 32.1. The lowest BCUT2D eigenvalue weighted by Gasteiger charge is -2.10. The first-order chi connectivity index (χ1) is 9.01. The molecule has 1 heterocycles. The quantitative estimate of drug-likeness (QED) is 0.740. The number of hydrogen-bond acceptors (Lipinski definition) is 4. The molecule has 0 saturated heterocycles. The lowest BCUT2D eigenvalue weighted by atomic mass is 10.2. The van der Waals surface area contributed by atoms with E-state index in [9.17, 15) is 9.59 Å². The highest BCUT2D eigenvalue weighted by Gasteiger charge is 2.17. The average Bonchev–Trinajstić information content (AvgIpc) is 2.80. The van der Waals surface area contributed by atoms with E-state index >= 15 is 0 Å². The second-order valence-corrected chi connectivity index (χ2v) is 5.30. The van der Waals surface area contributed by atoms with E-state index in [1.807, 2.05) is 12.1 Å². The summed E-state index contributed by atoms with van der Waals surface area (Å²) in [5.74, 6) is -0.477. The fourth-order valence-electron chi connectivity index (χ4n) is 1.72. The molecular formula is C13H15N3O2S. The SMILES string of the molecule is CNC(=O)C(C)NC(=O)c1cc2cc(N)ccc2s1. The Morgan fingerprint density at radius 2 is 2.05 bits per heavy atom. The van der Waals surface area contributed by atoms with E-state index in [1.54, 1.807) is 19.1 Å². The van der Waals surface area contributed by atoms with Gasteiger partial charge < -0.3 is 16.4 Å². The molecule has 1 aromatic heterocycles. The molecule has 0 saturated carbocycles. The minimum absolute atomic E-state index is 0.223. The number of thiophene rings is 1. The molecule has 0 radical (unpaired) electrons. The average molecular weight is 277 g/mol. The number of benzene rings is 1. The van der Waals surface area contributed by atoms with Gasteiger partial charge in [0.25, 0.3) is 5.91 Å². The maximum Gasteiger partial charge on any atom is 0.262 e. The van der Waals surface area contributed by atoms with Crippen LogP contribution in [0, 0.1) is 0 Å². The third-order valence-corrected chi connectivity index (χ3v) is 3.87. The lowest BCUT2D eigenvalue weighted by molar-refractivity contribution is -0.122. The number of anilines is 1. The van der Waals surface area contributed by atoms with Crippen LogP contribution in [0.2, 0.25) is 0 Å². The number of hydrogen-bond donors (Lipinski definition) is 3. The molecule has 0 aliphatic rings. The van der Waals surface area contributed by atoms with Crippen LogP contribution in [0.25, 0.3) is 10.1 Å². The maximum atomic E-state index is 12.0. The molecule has 2 amide bonds. The number of carbonyl (C=O) groups is 2. The zero-order valence-corrected chi connectivity index (χ0v) is 11.5. The molecule has 2 rings (SSSR count). The van der Waals surface area contributed by atoms with Crippen LogP contribution >= 0.6 is 11.3 Å². The van der Waals surface area contributed by atoms with Gasteiger partial charge in [0.2, 0.25) is 5.91 Å².